The van der Waals surface area contributed by atoms with Gasteiger partial charge in [0.2, 0.25) is 0 Å². The third-order valence-corrected chi connectivity index (χ3v) is 2.87. The minimum Gasteiger partial charge on any atom is -0.377 e. The summed E-state index contributed by atoms with van der Waals surface area (Å²) in [4.78, 5) is 10.5. The Bertz CT molecular complexity index is 396. The monoisotopic (exact) mass is 256 g/mol. The maximum Gasteiger partial charge on any atom is 0.310 e. The van der Waals surface area contributed by atoms with E-state index in [0.29, 0.717) is 5.69 Å². The van der Waals surface area contributed by atoms with E-state index in [1.54, 1.807) is 12.1 Å². The summed E-state index contributed by atoms with van der Waals surface area (Å²) in [7, 11) is 0. The van der Waals surface area contributed by atoms with Crippen LogP contribution < -0.4 is 5.32 Å². The molecule has 0 aromatic heterocycles. The van der Waals surface area contributed by atoms with E-state index in [4.69, 9.17) is 11.6 Å². The molecule has 4 nitrogen and oxygen atoms in total. The van der Waals surface area contributed by atoms with Crippen LogP contribution in [0.5, 0.6) is 0 Å². The van der Waals surface area contributed by atoms with Gasteiger partial charge in [-0.3, -0.25) is 10.1 Å². The third-order valence-electron chi connectivity index (χ3n) is 2.56. The number of nitrogens with zero attached hydrogens (tertiary/aromatic N) is 1. The molecule has 0 spiro atoms. The van der Waals surface area contributed by atoms with Gasteiger partial charge in [0.25, 0.3) is 0 Å². The van der Waals surface area contributed by atoms with Gasteiger partial charge in [-0.15, -0.1) is 0 Å². The Morgan fingerprint density at radius 3 is 2.82 bits per heavy atom. The first-order valence-corrected chi connectivity index (χ1v) is 6.13. The molecular weight excluding hydrogens is 240 g/mol. The quantitative estimate of drug-likeness (QED) is 0.612. The van der Waals surface area contributed by atoms with Crippen LogP contribution in [0.2, 0.25) is 5.02 Å². The minimum atomic E-state index is -0.447. The fraction of sp³-hybridized carbons (Fsp3) is 0.500. The lowest BCUT2D eigenvalue weighted by Gasteiger charge is -2.15. The van der Waals surface area contributed by atoms with E-state index in [2.05, 4.69) is 12.2 Å². The maximum absolute atomic E-state index is 10.9. The summed E-state index contributed by atoms with van der Waals surface area (Å²) in [5.74, 6) is 0. The number of anilines is 1. The summed E-state index contributed by atoms with van der Waals surface area (Å²) >= 11 is 5.83. The lowest BCUT2D eigenvalue weighted by molar-refractivity contribution is -0.383. The summed E-state index contributed by atoms with van der Waals surface area (Å²) in [5, 5.41) is 14.2. The highest BCUT2D eigenvalue weighted by atomic mass is 35.5. The van der Waals surface area contributed by atoms with Crippen LogP contribution in [0.4, 0.5) is 11.4 Å². The van der Waals surface area contributed by atoms with Crippen molar-refractivity contribution in [2.75, 3.05) is 5.32 Å². The van der Waals surface area contributed by atoms with E-state index in [-0.39, 0.29) is 16.8 Å². The number of nitrogens with one attached hydrogen (secondary N) is 1. The van der Waals surface area contributed by atoms with Crippen LogP contribution in [0.25, 0.3) is 0 Å². The normalized spacial score (nSPS) is 12.2. The van der Waals surface area contributed by atoms with Gasteiger partial charge < -0.3 is 5.32 Å². The summed E-state index contributed by atoms with van der Waals surface area (Å²) in [6.07, 6.45) is 3.20. The van der Waals surface area contributed by atoms with Gasteiger partial charge in [0.15, 0.2) is 0 Å². The van der Waals surface area contributed by atoms with Gasteiger partial charge in [0, 0.05) is 6.04 Å². The number of hydrogen-bond acceptors (Lipinski definition) is 3. The Labute approximate surface area is 106 Å². The Morgan fingerprint density at radius 2 is 2.24 bits per heavy atom. The molecule has 1 atom stereocenters. The molecule has 1 aromatic carbocycles. The summed E-state index contributed by atoms with van der Waals surface area (Å²) in [6.45, 7) is 4.13. The Morgan fingerprint density at radius 1 is 1.53 bits per heavy atom. The number of unbranched alkanes of at least 4 members (excludes halogenated alkanes) is 1. The van der Waals surface area contributed by atoms with Gasteiger partial charge >= 0.3 is 5.69 Å². The molecule has 0 radical (unpaired) electrons. The maximum atomic E-state index is 10.9. The highest BCUT2D eigenvalue weighted by molar-refractivity contribution is 6.33. The molecule has 0 bridgehead atoms. The second-order valence-corrected chi connectivity index (χ2v) is 4.49. The topological polar surface area (TPSA) is 55.2 Å². The van der Waals surface area contributed by atoms with Crippen LogP contribution in [0, 0.1) is 10.1 Å². The Hall–Kier alpha value is -1.29. The van der Waals surface area contributed by atoms with Crippen LogP contribution in [-0.4, -0.2) is 11.0 Å². The van der Waals surface area contributed by atoms with Crippen molar-refractivity contribution < 1.29 is 4.92 Å². The fourth-order valence-electron chi connectivity index (χ4n) is 1.67. The van der Waals surface area contributed by atoms with Gasteiger partial charge in [-0.05, 0) is 25.5 Å². The van der Waals surface area contributed by atoms with Crippen LogP contribution in [-0.2, 0) is 0 Å². The van der Waals surface area contributed by atoms with Crippen molar-refractivity contribution in [3.05, 3.63) is 33.3 Å². The predicted octanol–water partition coefficient (Wildman–Crippen LogP) is 4.24. The standard InChI is InChI=1S/C12H17ClN2O2/c1-3-4-6-9(2)14-11-8-5-7-10(13)12(11)15(16)17/h5,7-9,14H,3-4,6H2,1-2H3. The van der Waals surface area contributed by atoms with Gasteiger partial charge in [-0.25, -0.2) is 0 Å². The molecule has 0 fully saturated rings. The van der Waals surface area contributed by atoms with Crippen molar-refractivity contribution in [3.63, 3.8) is 0 Å². The van der Waals surface area contributed by atoms with Crippen molar-refractivity contribution in [2.45, 2.75) is 39.2 Å². The average molecular weight is 257 g/mol. The Kier molecular flexibility index (Phi) is 5.22. The van der Waals surface area contributed by atoms with Crippen LogP contribution >= 0.6 is 11.6 Å². The average Bonchev–Trinajstić information content (AvgIpc) is 2.25. The molecule has 94 valence electrons. The summed E-state index contributed by atoms with van der Waals surface area (Å²) in [6, 6.07) is 5.13. The first-order valence-electron chi connectivity index (χ1n) is 5.75. The molecule has 5 heteroatoms. The van der Waals surface area contributed by atoms with E-state index >= 15 is 0 Å². The number of rotatable bonds is 6. The van der Waals surface area contributed by atoms with Crippen molar-refractivity contribution in [1.29, 1.82) is 0 Å². The molecular formula is C12H17ClN2O2. The number of hydrogen-bond donors (Lipinski definition) is 1. The molecule has 0 heterocycles. The number of nitro groups is 1. The van der Waals surface area contributed by atoms with Crippen molar-refractivity contribution in [2.24, 2.45) is 0 Å². The first kappa shape index (κ1) is 13.8. The van der Waals surface area contributed by atoms with Gasteiger partial charge in [0.05, 0.1) is 4.92 Å². The van der Waals surface area contributed by atoms with E-state index in [0.717, 1.165) is 19.3 Å². The second-order valence-electron chi connectivity index (χ2n) is 4.08. The zero-order valence-electron chi connectivity index (χ0n) is 10.1. The second kappa shape index (κ2) is 6.45. The van der Waals surface area contributed by atoms with Crippen LogP contribution in [0.1, 0.15) is 33.1 Å². The number of halogens is 1. The molecule has 1 unspecified atom stereocenters. The Balaban J connectivity index is 2.83. The molecule has 0 saturated heterocycles. The summed E-state index contributed by atoms with van der Waals surface area (Å²) in [5.41, 5.74) is 0.448. The lowest BCUT2D eigenvalue weighted by Crippen LogP contribution is -2.15. The summed E-state index contributed by atoms with van der Waals surface area (Å²) < 4.78 is 0. The number of nitro benzene ring substituents is 1. The molecule has 1 rings (SSSR count). The van der Waals surface area contributed by atoms with Crippen molar-refractivity contribution >= 4 is 23.0 Å². The molecule has 0 aliphatic heterocycles. The van der Waals surface area contributed by atoms with E-state index in [1.807, 2.05) is 6.92 Å². The van der Waals surface area contributed by atoms with Crippen molar-refractivity contribution in [1.82, 2.24) is 0 Å². The number of benzene rings is 1. The van der Waals surface area contributed by atoms with E-state index in [9.17, 15) is 10.1 Å². The van der Waals surface area contributed by atoms with E-state index in [1.165, 1.54) is 6.07 Å². The molecule has 1 aromatic rings. The van der Waals surface area contributed by atoms with Crippen LogP contribution in [0.3, 0.4) is 0 Å². The first-order chi connectivity index (χ1) is 8.06. The van der Waals surface area contributed by atoms with Gasteiger partial charge in [0.1, 0.15) is 10.7 Å². The van der Waals surface area contributed by atoms with E-state index < -0.39 is 4.92 Å². The molecule has 0 amide bonds. The highest BCUT2D eigenvalue weighted by Crippen LogP contribution is 2.32. The SMILES string of the molecule is CCCCC(C)Nc1cccc(Cl)c1[N+](=O)[O-]. The largest absolute Gasteiger partial charge is 0.377 e. The number of para-hydroxylation sites is 1. The predicted molar refractivity (Wildman–Crippen MR) is 70.7 cm³/mol. The molecule has 0 saturated carbocycles. The van der Waals surface area contributed by atoms with Crippen molar-refractivity contribution in [3.8, 4) is 0 Å². The minimum absolute atomic E-state index is 0.0440. The molecule has 0 aliphatic carbocycles. The van der Waals surface area contributed by atoms with Crippen LogP contribution in [0.15, 0.2) is 18.2 Å². The fourth-order valence-corrected chi connectivity index (χ4v) is 1.91. The zero-order chi connectivity index (χ0) is 12.8. The van der Waals surface area contributed by atoms with Gasteiger partial charge in [-0.2, -0.15) is 0 Å². The smallest absolute Gasteiger partial charge is 0.310 e. The molecule has 17 heavy (non-hydrogen) atoms. The highest BCUT2D eigenvalue weighted by Gasteiger charge is 2.19. The van der Waals surface area contributed by atoms with Gasteiger partial charge in [-0.1, -0.05) is 37.4 Å². The zero-order valence-corrected chi connectivity index (χ0v) is 10.8. The lowest BCUT2D eigenvalue weighted by atomic mass is 10.1. The molecule has 1 N–H and O–H groups in total. The third kappa shape index (κ3) is 3.89. The molecule has 0 aliphatic rings.